The van der Waals surface area contributed by atoms with Gasteiger partial charge in [-0.2, -0.15) is 0 Å². The Bertz CT molecular complexity index is 1200. The lowest BCUT2D eigenvalue weighted by Crippen LogP contribution is -2.20. The SMILES string of the molecule is CC[C@H](C)c1ccc2oc(-c3ccc(NC(=O)COc4ccc(OC)cc4)cc3)nc2c1. The number of fused-ring (bicyclic) bond motifs is 1. The van der Waals surface area contributed by atoms with E-state index in [1.807, 2.05) is 30.3 Å². The summed E-state index contributed by atoms with van der Waals surface area (Å²) >= 11 is 0. The van der Waals surface area contributed by atoms with E-state index < -0.39 is 0 Å². The molecule has 4 rings (SSSR count). The van der Waals surface area contributed by atoms with Crippen molar-refractivity contribution in [3.8, 4) is 23.0 Å². The summed E-state index contributed by atoms with van der Waals surface area (Å²) < 4.78 is 16.5. The Morgan fingerprint density at radius 2 is 1.75 bits per heavy atom. The molecule has 1 heterocycles. The maximum absolute atomic E-state index is 12.2. The van der Waals surface area contributed by atoms with Crippen LogP contribution in [-0.2, 0) is 4.79 Å². The van der Waals surface area contributed by atoms with Crippen LogP contribution in [0.5, 0.6) is 11.5 Å². The highest BCUT2D eigenvalue weighted by Crippen LogP contribution is 2.28. The first-order chi connectivity index (χ1) is 15.6. The molecule has 0 saturated carbocycles. The van der Waals surface area contributed by atoms with Crippen molar-refractivity contribution in [2.24, 2.45) is 0 Å². The minimum absolute atomic E-state index is 0.0856. The lowest BCUT2D eigenvalue weighted by Gasteiger charge is -2.08. The summed E-state index contributed by atoms with van der Waals surface area (Å²) in [6.45, 7) is 4.30. The molecule has 1 N–H and O–H groups in total. The van der Waals surface area contributed by atoms with Crippen molar-refractivity contribution < 1.29 is 18.7 Å². The van der Waals surface area contributed by atoms with Gasteiger partial charge in [0.15, 0.2) is 12.2 Å². The highest BCUT2D eigenvalue weighted by molar-refractivity contribution is 5.92. The highest BCUT2D eigenvalue weighted by atomic mass is 16.5. The fourth-order valence-electron chi connectivity index (χ4n) is 3.32. The summed E-state index contributed by atoms with van der Waals surface area (Å²) in [6.07, 6.45) is 1.08. The summed E-state index contributed by atoms with van der Waals surface area (Å²) in [4.78, 5) is 16.8. The topological polar surface area (TPSA) is 73.6 Å². The maximum Gasteiger partial charge on any atom is 0.262 e. The van der Waals surface area contributed by atoms with Crippen LogP contribution in [0.2, 0.25) is 0 Å². The highest BCUT2D eigenvalue weighted by Gasteiger charge is 2.11. The van der Waals surface area contributed by atoms with Gasteiger partial charge in [-0.05, 0) is 78.6 Å². The van der Waals surface area contributed by atoms with Crippen molar-refractivity contribution in [3.63, 3.8) is 0 Å². The van der Waals surface area contributed by atoms with E-state index in [0.717, 1.165) is 28.8 Å². The van der Waals surface area contributed by atoms with Crippen molar-refractivity contribution in [1.29, 1.82) is 0 Å². The fraction of sp³-hybridized carbons (Fsp3) is 0.231. The number of carbonyl (C=O) groups is 1. The molecule has 0 bridgehead atoms. The van der Waals surface area contributed by atoms with Crippen LogP contribution in [0.4, 0.5) is 5.69 Å². The molecule has 0 aliphatic heterocycles. The smallest absolute Gasteiger partial charge is 0.262 e. The summed E-state index contributed by atoms with van der Waals surface area (Å²) in [5.74, 6) is 2.13. The maximum atomic E-state index is 12.2. The van der Waals surface area contributed by atoms with Gasteiger partial charge in [-0.15, -0.1) is 0 Å². The first-order valence-corrected chi connectivity index (χ1v) is 10.6. The molecule has 0 fully saturated rings. The van der Waals surface area contributed by atoms with Crippen LogP contribution in [0.1, 0.15) is 31.7 Å². The number of nitrogens with one attached hydrogen (secondary N) is 1. The largest absolute Gasteiger partial charge is 0.497 e. The molecule has 32 heavy (non-hydrogen) atoms. The zero-order valence-electron chi connectivity index (χ0n) is 18.4. The van der Waals surface area contributed by atoms with E-state index in [9.17, 15) is 4.79 Å². The van der Waals surface area contributed by atoms with Crippen LogP contribution in [0, 0.1) is 0 Å². The summed E-state index contributed by atoms with van der Waals surface area (Å²) in [7, 11) is 1.60. The van der Waals surface area contributed by atoms with Gasteiger partial charge in [0, 0.05) is 11.3 Å². The lowest BCUT2D eigenvalue weighted by molar-refractivity contribution is -0.118. The predicted octanol–water partition coefficient (Wildman–Crippen LogP) is 6.03. The van der Waals surface area contributed by atoms with Crippen LogP contribution in [0.25, 0.3) is 22.6 Å². The number of ether oxygens (including phenoxy) is 2. The average Bonchev–Trinajstić information content (AvgIpc) is 3.26. The Labute approximate surface area is 187 Å². The first-order valence-electron chi connectivity index (χ1n) is 10.6. The second kappa shape index (κ2) is 9.56. The Morgan fingerprint density at radius 1 is 1.03 bits per heavy atom. The van der Waals surface area contributed by atoms with Crippen LogP contribution in [-0.4, -0.2) is 24.6 Å². The third-order valence-corrected chi connectivity index (χ3v) is 5.44. The van der Waals surface area contributed by atoms with Crippen molar-refractivity contribution in [3.05, 3.63) is 72.3 Å². The molecule has 1 aromatic heterocycles. The van der Waals surface area contributed by atoms with Crippen molar-refractivity contribution in [1.82, 2.24) is 4.98 Å². The molecule has 3 aromatic carbocycles. The minimum Gasteiger partial charge on any atom is -0.497 e. The molecular weight excluding hydrogens is 404 g/mol. The van der Waals surface area contributed by atoms with Gasteiger partial charge in [-0.1, -0.05) is 19.9 Å². The third-order valence-electron chi connectivity index (χ3n) is 5.44. The van der Waals surface area contributed by atoms with Gasteiger partial charge >= 0.3 is 0 Å². The average molecular weight is 431 g/mol. The Morgan fingerprint density at radius 3 is 2.44 bits per heavy atom. The standard InChI is InChI=1S/C26H26N2O4/c1-4-17(2)19-7-14-24-23(15-19)28-26(32-24)18-5-8-20(9-6-18)27-25(29)16-31-22-12-10-21(30-3)11-13-22/h5-15,17H,4,16H2,1-3H3,(H,27,29)/t17-/m0/s1. The number of hydrogen-bond donors (Lipinski definition) is 1. The van der Waals surface area contributed by atoms with E-state index in [-0.39, 0.29) is 12.5 Å². The third kappa shape index (κ3) is 4.91. The van der Waals surface area contributed by atoms with E-state index in [1.165, 1.54) is 5.56 Å². The van der Waals surface area contributed by atoms with Gasteiger partial charge in [0.25, 0.3) is 5.91 Å². The van der Waals surface area contributed by atoms with E-state index in [4.69, 9.17) is 13.9 Å². The molecule has 0 radical (unpaired) electrons. The normalized spacial score (nSPS) is 11.8. The molecule has 0 aliphatic rings. The summed E-state index contributed by atoms with van der Waals surface area (Å²) in [5.41, 5.74) is 4.40. The van der Waals surface area contributed by atoms with Crippen molar-refractivity contribution in [2.75, 3.05) is 19.0 Å². The molecule has 1 amide bonds. The van der Waals surface area contributed by atoms with E-state index in [1.54, 1.807) is 31.4 Å². The van der Waals surface area contributed by atoms with Crippen molar-refractivity contribution >= 4 is 22.7 Å². The van der Waals surface area contributed by atoms with E-state index in [0.29, 0.717) is 23.2 Å². The lowest BCUT2D eigenvalue weighted by atomic mass is 9.98. The van der Waals surface area contributed by atoms with Crippen LogP contribution < -0.4 is 14.8 Å². The van der Waals surface area contributed by atoms with E-state index >= 15 is 0 Å². The van der Waals surface area contributed by atoms with Crippen molar-refractivity contribution in [2.45, 2.75) is 26.2 Å². The minimum atomic E-state index is -0.243. The number of rotatable bonds is 8. The number of hydrogen-bond acceptors (Lipinski definition) is 5. The number of anilines is 1. The first kappa shape index (κ1) is 21.4. The van der Waals surface area contributed by atoms with Gasteiger partial charge in [0.05, 0.1) is 7.11 Å². The second-order valence-electron chi connectivity index (χ2n) is 7.65. The number of benzene rings is 3. The molecule has 164 valence electrons. The molecule has 0 spiro atoms. The Kier molecular flexibility index (Phi) is 6.40. The molecule has 0 aliphatic carbocycles. The second-order valence-corrected chi connectivity index (χ2v) is 7.65. The molecule has 0 unspecified atom stereocenters. The number of nitrogens with zero attached hydrogens (tertiary/aromatic N) is 1. The van der Waals surface area contributed by atoms with Crippen LogP contribution in [0.3, 0.4) is 0 Å². The summed E-state index contributed by atoms with van der Waals surface area (Å²) in [6, 6.07) is 20.6. The van der Waals surface area contributed by atoms with E-state index in [2.05, 4.69) is 36.3 Å². The van der Waals surface area contributed by atoms with Crippen LogP contribution >= 0.6 is 0 Å². The summed E-state index contributed by atoms with van der Waals surface area (Å²) in [5, 5.41) is 2.83. The van der Waals surface area contributed by atoms with Gasteiger partial charge < -0.3 is 19.2 Å². The van der Waals surface area contributed by atoms with Gasteiger partial charge in [-0.3, -0.25) is 4.79 Å². The van der Waals surface area contributed by atoms with Gasteiger partial charge in [0.1, 0.15) is 17.0 Å². The monoisotopic (exact) mass is 430 g/mol. The quantitative estimate of drug-likeness (QED) is 0.369. The molecule has 6 heteroatoms. The van der Waals surface area contributed by atoms with Gasteiger partial charge in [0.2, 0.25) is 5.89 Å². The number of aromatic nitrogens is 1. The number of methoxy groups -OCH3 is 1. The zero-order chi connectivity index (χ0) is 22.5. The fourth-order valence-corrected chi connectivity index (χ4v) is 3.32. The van der Waals surface area contributed by atoms with Crippen LogP contribution in [0.15, 0.2) is 71.1 Å². The molecular formula is C26H26N2O4. The van der Waals surface area contributed by atoms with Gasteiger partial charge in [-0.25, -0.2) is 4.98 Å². The molecule has 1 atom stereocenters. The molecule has 0 saturated heterocycles. The Balaban J connectivity index is 1.38. The molecule has 4 aromatic rings. The Hall–Kier alpha value is -3.80. The molecule has 6 nitrogen and oxygen atoms in total. The predicted molar refractivity (Wildman–Crippen MR) is 125 cm³/mol. The number of amides is 1. The number of carbonyl (C=O) groups excluding carboxylic acids is 1. The zero-order valence-corrected chi connectivity index (χ0v) is 18.4. The number of oxazole rings is 1.